The van der Waals surface area contributed by atoms with Gasteiger partial charge in [-0.05, 0) is 36.4 Å². The first-order chi connectivity index (χ1) is 11.1. The van der Waals surface area contributed by atoms with Crippen molar-refractivity contribution in [2.75, 3.05) is 11.1 Å². The van der Waals surface area contributed by atoms with Gasteiger partial charge in [0, 0.05) is 11.3 Å². The van der Waals surface area contributed by atoms with Gasteiger partial charge in [-0.25, -0.2) is 4.79 Å². The number of nitrogens with two attached hydrogens (primary N) is 1. The Morgan fingerprint density at radius 1 is 1.08 bits per heavy atom. The van der Waals surface area contributed by atoms with Crippen LogP contribution in [0.2, 0.25) is 0 Å². The van der Waals surface area contributed by atoms with Gasteiger partial charge in [0.05, 0.1) is 10.6 Å². The van der Waals surface area contributed by atoms with E-state index in [0.29, 0.717) is 11.8 Å². The predicted octanol–water partition coefficient (Wildman–Crippen LogP) is 1.17. The number of hydrogen-bond donors (Lipinski definition) is 5. The molecule has 24 heavy (non-hydrogen) atoms. The molecule has 2 rings (SSSR count). The van der Waals surface area contributed by atoms with Crippen molar-refractivity contribution in [1.82, 2.24) is 0 Å². The van der Waals surface area contributed by atoms with Crippen LogP contribution in [-0.2, 0) is 10.1 Å². The summed E-state index contributed by atoms with van der Waals surface area (Å²) >= 11 is 0. The van der Waals surface area contributed by atoms with E-state index < -0.39 is 43.9 Å². The minimum Gasteiger partial charge on any atom is -0.505 e. The molecule has 0 aliphatic rings. The van der Waals surface area contributed by atoms with Gasteiger partial charge in [0.1, 0.15) is 5.56 Å². The molecule has 0 atom stereocenters. The molecule has 2 aromatic rings. The van der Waals surface area contributed by atoms with Crippen molar-refractivity contribution in [1.29, 1.82) is 0 Å². The van der Waals surface area contributed by atoms with Crippen molar-refractivity contribution in [3.05, 3.63) is 47.5 Å². The maximum Gasteiger partial charge on any atom is 0.339 e. The molecule has 2 aromatic carbocycles. The van der Waals surface area contributed by atoms with Gasteiger partial charge >= 0.3 is 5.97 Å². The lowest BCUT2D eigenvalue weighted by molar-refractivity contribution is 0.0693. The first kappa shape index (κ1) is 17.2. The van der Waals surface area contributed by atoms with E-state index in [2.05, 4.69) is 5.32 Å². The molecule has 0 spiro atoms. The maximum atomic E-state index is 12.1. The topological polar surface area (TPSA) is 167 Å². The van der Waals surface area contributed by atoms with E-state index in [-0.39, 0.29) is 5.56 Å². The summed E-state index contributed by atoms with van der Waals surface area (Å²) in [6.07, 6.45) is 0. The Morgan fingerprint density at radius 2 is 1.67 bits per heavy atom. The average Bonchev–Trinajstić information content (AvgIpc) is 2.48. The van der Waals surface area contributed by atoms with Gasteiger partial charge in [-0.2, -0.15) is 8.42 Å². The summed E-state index contributed by atoms with van der Waals surface area (Å²) in [6, 6.07) is 6.98. The SMILES string of the molecule is Nc1ccc(C(=O)Nc2cc(S(=O)(=O)O)cc(C(=O)O)c2O)cc1. The first-order valence-electron chi connectivity index (χ1n) is 6.34. The van der Waals surface area contributed by atoms with Crippen molar-refractivity contribution < 1.29 is 32.8 Å². The molecule has 0 bridgehead atoms. The number of amides is 1. The molecule has 1 amide bonds. The zero-order chi connectivity index (χ0) is 18.1. The van der Waals surface area contributed by atoms with Crippen molar-refractivity contribution in [3.63, 3.8) is 0 Å². The second-order valence-electron chi connectivity index (χ2n) is 4.72. The first-order valence-corrected chi connectivity index (χ1v) is 7.78. The Bertz CT molecular complexity index is 921. The Hall–Kier alpha value is -3.11. The number of benzene rings is 2. The van der Waals surface area contributed by atoms with Crippen LogP contribution >= 0.6 is 0 Å². The summed E-state index contributed by atoms with van der Waals surface area (Å²) < 4.78 is 31.5. The highest BCUT2D eigenvalue weighted by Crippen LogP contribution is 2.31. The number of hydrogen-bond acceptors (Lipinski definition) is 6. The largest absolute Gasteiger partial charge is 0.505 e. The van der Waals surface area contributed by atoms with E-state index in [1.54, 1.807) is 0 Å². The monoisotopic (exact) mass is 352 g/mol. The number of carboxylic acid groups (broad SMARTS) is 1. The lowest BCUT2D eigenvalue weighted by Gasteiger charge is -2.11. The summed E-state index contributed by atoms with van der Waals surface area (Å²) in [5.74, 6) is -3.23. The summed E-state index contributed by atoms with van der Waals surface area (Å²) in [5.41, 5.74) is 4.77. The lowest BCUT2D eigenvalue weighted by Crippen LogP contribution is -2.14. The molecule has 9 nitrogen and oxygen atoms in total. The average molecular weight is 352 g/mol. The minimum atomic E-state index is -4.75. The standard InChI is InChI=1S/C14H12N2O7S/c15-8-3-1-7(2-4-8)13(18)16-11-6-9(24(21,22)23)5-10(12(11)17)14(19)20/h1-6,17H,15H2,(H,16,18)(H,19,20)(H,21,22,23). The normalized spacial score (nSPS) is 11.0. The van der Waals surface area contributed by atoms with Crippen LogP contribution in [0.3, 0.4) is 0 Å². The van der Waals surface area contributed by atoms with E-state index in [1.165, 1.54) is 24.3 Å². The van der Waals surface area contributed by atoms with Gasteiger partial charge in [-0.1, -0.05) is 0 Å². The van der Waals surface area contributed by atoms with Crippen LogP contribution in [-0.4, -0.2) is 35.1 Å². The second kappa shape index (κ2) is 6.18. The summed E-state index contributed by atoms with van der Waals surface area (Å²) in [6.45, 7) is 0. The molecule has 0 unspecified atom stereocenters. The van der Waals surface area contributed by atoms with Crippen LogP contribution in [0.5, 0.6) is 5.75 Å². The number of nitrogens with one attached hydrogen (secondary N) is 1. The van der Waals surface area contributed by atoms with Crippen LogP contribution in [0.1, 0.15) is 20.7 Å². The van der Waals surface area contributed by atoms with Crippen molar-refractivity contribution in [2.45, 2.75) is 4.90 Å². The molecule has 0 radical (unpaired) electrons. The number of aromatic hydroxyl groups is 1. The summed E-state index contributed by atoms with van der Waals surface area (Å²) in [4.78, 5) is 22.4. The van der Waals surface area contributed by atoms with E-state index in [1.807, 2.05) is 0 Å². The number of carboxylic acids is 1. The van der Waals surface area contributed by atoms with Crippen LogP contribution in [0.25, 0.3) is 0 Å². The molecule has 0 aliphatic heterocycles. The zero-order valence-corrected chi connectivity index (χ0v) is 12.7. The Labute approximate surface area is 136 Å². The number of carbonyl (C=O) groups is 2. The van der Waals surface area contributed by atoms with Crippen LogP contribution in [0.4, 0.5) is 11.4 Å². The van der Waals surface area contributed by atoms with Crippen LogP contribution in [0, 0.1) is 0 Å². The Balaban J connectivity index is 2.49. The highest BCUT2D eigenvalue weighted by molar-refractivity contribution is 7.85. The zero-order valence-electron chi connectivity index (χ0n) is 11.9. The number of carbonyl (C=O) groups excluding carboxylic acids is 1. The third-order valence-electron chi connectivity index (χ3n) is 3.03. The molecular formula is C14H12N2O7S. The Kier molecular flexibility index (Phi) is 4.44. The number of aromatic carboxylic acids is 1. The van der Waals surface area contributed by atoms with Crippen molar-refractivity contribution in [2.24, 2.45) is 0 Å². The molecule has 126 valence electrons. The van der Waals surface area contributed by atoms with E-state index >= 15 is 0 Å². The van der Waals surface area contributed by atoms with Gasteiger partial charge in [0.25, 0.3) is 16.0 Å². The molecule has 0 aromatic heterocycles. The highest BCUT2D eigenvalue weighted by atomic mass is 32.2. The lowest BCUT2D eigenvalue weighted by atomic mass is 10.1. The fourth-order valence-corrected chi connectivity index (χ4v) is 2.38. The second-order valence-corrected chi connectivity index (χ2v) is 6.14. The van der Waals surface area contributed by atoms with Gasteiger partial charge in [-0.15, -0.1) is 0 Å². The molecule has 6 N–H and O–H groups in total. The molecule has 0 fully saturated rings. The summed E-state index contributed by atoms with van der Waals surface area (Å²) in [5, 5.41) is 21.1. The smallest absolute Gasteiger partial charge is 0.339 e. The van der Waals surface area contributed by atoms with E-state index in [4.69, 9.17) is 15.4 Å². The van der Waals surface area contributed by atoms with Gasteiger partial charge < -0.3 is 21.3 Å². The number of phenols is 1. The number of anilines is 2. The predicted molar refractivity (Wildman–Crippen MR) is 83.7 cm³/mol. The maximum absolute atomic E-state index is 12.1. The fraction of sp³-hybridized carbons (Fsp3) is 0. The molecule has 0 heterocycles. The minimum absolute atomic E-state index is 0.137. The van der Waals surface area contributed by atoms with Crippen LogP contribution < -0.4 is 11.1 Å². The van der Waals surface area contributed by atoms with Crippen molar-refractivity contribution in [3.8, 4) is 5.75 Å². The number of rotatable bonds is 4. The Morgan fingerprint density at radius 3 is 2.17 bits per heavy atom. The molecular weight excluding hydrogens is 340 g/mol. The van der Waals surface area contributed by atoms with E-state index in [0.717, 1.165) is 6.07 Å². The third-order valence-corrected chi connectivity index (χ3v) is 3.86. The van der Waals surface area contributed by atoms with Gasteiger partial charge in [0.2, 0.25) is 0 Å². The molecule has 0 saturated carbocycles. The number of nitrogen functional groups attached to an aromatic ring is 1. The van der Waals surface area contributed by atoms with E-state index in [9.17, 15) is 23.1 Å². The fourth-order valence-electron chi connectivity index (χ4n) is 1.84. The quantitative estimate of drug-likeness (QED) is 0.310. The van der Waals surface area contributed by atoms with Gasteiger partial charge in [0.15, 0.2) is 5.75 Å². The highest BCUT2D eigenvalue weighted by Gasteiger charge is 2.22. The molecule has 0 aliphatic carbocycles. The third kappa shape index (κ3) is 3.62. The van der Waals surface area contributed by atoms with Crippen LogP contribution in [0.15, 0.2) is 41.3 Å². The molecule has 10 heteroatoms. The van der Waals surface area contributed by atoms with Gasteiger partial charge in [-0.3, -0.25) is 9.35 Å². The summed E-state index contributed by atoms with van der Waals surface area (Å²) in [7, 11) is -4.75. The van der Waals surface area contributed by atoms with Crippen molar-refractivity contribution >= 4 is 33.4 Å². The molecule has 0 saturated heterocycles.